The van der Waals surface area contributed by atoms with Gasteiger partial charge in [-0.15, -0.1) is 0 Å². The Morgan fingerprint density at radius 1 is 1.29 bits per heavy atom. The first kappa shape index (κ1) is 15.3. The molecule has 1 amide bonds. The van der Waals surface area contributed by atoms with Crippen LogP contribution in [0.3, 0.4) is 0 Å². The van der Waals surface area contributed by atoms with E-state index in [1.54, 1.807) is 6.92 Å². The number of esters is 1. The van der Waals surface area contributed by atoms with Gasteiger partial charge in [0, 0.05) is 18.5 Å². The summed E-state index contributed by atoms with van der Waals surface area (Å²) in [6, 6.07) is -0.318. The molecule has 17 heavy (non-hydrogen) atoms. The number of hydrogen-bond donors (Lipinski definition) is 1. The molecule has 0 aromatic rings. The third-order valence-electron chi connectivity index (χ3n) is 2.16. The van der Waals surface area contributed by atoms with Crippen molar-refractivity contribution in [2.45, 2.75) is 39.2 Å². The molecule has 0 radical (unpaired) electrons. The molecule has 0 aliphatic heterocycles. The molecule has 5 heteroatoms. The fourth-order valence-electron chi connectivity index (χ4n) is 1.20. The van der Waals surface area contributed by atoms with Gasteiger partial charge in [0.15, 0.2) is 0 Å². The Labute approximate surface area is 101 Å². The van der Waals surface area contributed by atoms with E-state index in [2.05, 4.69) is 10.1 Å². The summed E-state index contributed by atoms with van der Waals surface area (Å²) in [7, 11) is 1.28. The van der Waals surface area contributed by atoms with Crippen LogP contribution in [0.5, 0.6) is 0 Å². The average molecular weight is 241 g/mol. The molecule has 0 aromatic carbocycles. The Balaban J connectivity index is 4.43. The molecule has 0 bridgehead atoms. The van der Waals surface area contributed by atoms with Crippen LogP contribution in [0.1, 0.15) is 33.1 Å². The Kier molecular flexibility index (Phi) is 7.67. The van der Waals surface area contributed by atoms with Gasteiger partial charge in [0.2, 0.25) is 5.78 Å². The summed E-state index contributed by atoms with van der Waals surface area (Å²) in [6.07, 6.45) is 4.45. The summed E-state index contributed by atoms with van der Waals surface area (Å²) in [4.78, 5) is 33.4. The number of carbonyl (C=O) groups excluding carboxylic acids is 3. The number of methoxy groups -OCH3 is 1. The van der Waals surface area contributed by atoms with E-state index in [-0.39, 0.29) is 12.5 Å². The fraction of sp³-hybridized carbons (Fsp3) is 0.583. The normalized spacial score (nSPS) is 12.2. The second kappa shape index (κ2) is 8.50. The topological polar surface area (TPSA) is 72.5 Å². The van der Waals surface area contributed by atoms with E-state index in [0.717, 1.165) is 6.42 Å². The average Bonchev–Trinajstić information content (AvgIpc) is 2.34. The van der Waals surface area contributed by atoms with Crippen molar-refractivity contribution >= 4 is 17.7 Å². The Bertz CT molecular complexity index is 310. The summed E-state index contributed by atoms with van der Waals surface area (Å²) in [5.74, 6) is -1.56. The number of hydrogen-bond acceptors (Lipinski definition) is 4. The molecule has 0 saturated carbocycles. The monoisotopic (exact) mass is 241 g/mol. The first-order valence-electron chi connectivity index (χ1n) is 5.64. The Morgan fingerprint density at radius 2 is 1.94 bits per heavy atom. The van der Waals surface area contributed by atoms with Crippen molar-refractivity contribution in [2.24, 2.45) is 0 Å². The van der Waals surface area contributed by atoms with Crippen molar-refractivity contribution in [2.75, 3.05) is 7.11 Å². The summed E-state index contributed by atoms with van der Waals surface area (Å²) in [6.45, 7) is 3.58. The molecule has 0 unspecified atom stereocenters. The number of Topliss-reactive ketones (excluding diaryl/α,β-unsaturated/α-hetero) is 1. The van der Waals surface area contributed by atoms with Gasteiger partial charge in [0.25, 0.3) is 5.91 Å². The van der Waals surface area contributed by atoms with E-state index < -0.39 is 17.7 Å². The van der Waals surface area contributed by atoms with E-state index in [9.17, 15) is 14.4 Å². The second-order valence-electron chi connectivity index (χ2n) is 3.53. The molecule has 0 fully saturated rings. The fourth-order valence-corrected chi connectivity index (χ4v) is 1.20. The van der Waals surface area contributed by atoms with Crippen molar-refractivity contribution in [3.05, 3.63) is 12.2 Å². The smallest absolute Gasteiger partial charge is 0.330 e. The van der Waals surface area contributed by atoms with Gasteiger partial charge in [-0.3, -0.25) is 9.59 Å². The first-order chi connectivity index (χ1) is 8.04. The van der Waals surface area contributed by atoms with Crippen LogP contribution in [-0.2, 0) is 19.1 Å². The summed E-state index contributed by atoms with van der Waals surface area (Å²) < 4.78 is 4.45. The van der Waals surface area contributed by atoms with Gasteiger partial charge in [0.05, 0.1) is 7.11 Å². The molecule has 0 saturated heterocycles. The largest absolute Gasteiger partial charge is 0.466 e. The Morgan fingerprint density at radius 3 is 2.41 bits per heavy atom. The summed E-state index contributed by atoms with van der Waals surface area (Å²) in [5.41, 5.74) is 0. The molecule has 0 spiro atoms. The van der Waals surface area contributed by atoms with E-state index in [4.69, 9.17) is 0 Å². The van der Waals surface area contributed by atoms with Gasteiger partial charge < -0.3 is 10.1 Å². The predicted octanol–water partition coefficient (Wildman–Crippen LogP) is 0.980. The van der Waals surface area contributed by atoms with Crippen molar-refractivity contribution in [1.29, 1.82) is 0 Å². The molecule has 96 valence electrons. The van der Waals surface area contributed by atoms with Crippen LogP contribution in [0, 0.1) is 0 Å². The minimum atomic E-state index is -0.611. The van der Waals surface area contributed by atoms with Crippen molar-refractivity contribution in [1.82, 2.24) is 5.32 Å². The van der Waals surface area contributed by atoms with Gasteiger partial charge in [-0.2, -0.15) is 0 Å². The second-order valence-corrected chi connectivity index (χ2v) is 3.53. The summed E-state index contributed by atoms with van der Waals surface area (Å²) in [5, 5.41) is 2.57. The molecule has 0 aliphatic rings. The van der Waals surface area contributed by atoms with Crippen molar-refractivity contribution in [3.8, 4) is 0 Å². The lowest BCUT2D eigenvalue weighted by molar-refractivity contribution is -0.138. The van der Waals surface area contributed by atoms with Crippen LogP contribution in [0.15, 0.2) is 12.2 Å². The van der Waals surface area contributed by atoms with Crippen LogP contribution in [-0.4, -0.2) is 30.8 Å². The Hall–Kier alpha value is -1.65. The molecule has 1 N–H and O–H groups in total. The lowest BCUT2D eigenvalue weighted by Crippen LogP contribution is -2.38. The molecule has 1 atom stereocenters. The predicted molar refractivity (Wildman–Crippen MR) is 63.3 cm³/mol. The van der Waals surface area contributed by atoms with Gasteiger partial charge in [-0.05, 0) is 6.42 Å². The molecule has 0 rings (SSSR count). The molecule has 5 nitrogen and oxygen atoms in total. The van der Waals surface area contributed by atoms with Crippen molar-refractivity contribution in [3.63, 3.8) is 0 Å². The molecular formula is C12H19NO4. The molecular weight excluding hydrogens is 222 g/mol. The number of carbonyl (C=O) groups is 3. The number of nitrogens with one attached hydrogen (secondary N) is 1. The third kappa shape index (κ3) is 6.50. The van der Waals surface area contributed by atoms with Gasteiger partial charge >= 0.3 is 5.97 Å². The quantitative estimate of drug-likeness (QED) is 0.409. The maximum absolute atomic E-state index is 11.4. The maximum atomic E-state index is 11.4. The number of ketones is 1. The standard InChI is InChI=1S/C12H19NO4/c1-4-6-9(7-8-11(15)17-3)13-12(16)10(14)5-2/h7-9H,4-6H2,1-3H3,(H,13,16)/t9-/m0/s1. The SMILES string of the molecule is CCC[C@@H](C=CC(=O)OC)NC(=O)C(=O)CC. The molecule has 0 heterocycles. The zero-order valence-electron chi connectivity index (χ0n) is 10.5. The minimum Gasteiger partial charge on any atom is -0.466 e. The zero-order chi connectivity index (χ0) is 13.3. The van der Waals surface area contributed by atoms with E-state index >= 15 is 0 Å². The number of ether oxygens (including phenoxy) is 1. The van der Waals surface area contributed by atoms with Gasteiger partial charge in [-0.1, -0.05) is 26.3 Å². The van der Waals surface area contributed by atoms with Crippen LogP contribution >= 0.6 is 0 Å². The number of rotatable bonds is 7. The highest BCUT2D eigenvalue weighted by molar-refractivity contribution is 6.36. The highest BCUT2D eigenvalue weighted by Gasteiger charge is 2.14. The third-order valence-corrected chi connectivity index (χ3v) is 2.16. The first-order valence-corrected chi connectivity index (χ1v) is 5.64. The lowest BCUT2D eigenvalue weighted by atomic mass is 10.1. The number of amides is 1. The van der Waals surface area contributed by atoms with Crippen molar-refractivity contribution < 1.29 is 19.1 Å². The molecule has 0 aromatic heterocycles. The van der Waals surface area contributed by atoms with Crippen LogP contribution in [0.2, 0.25) is 0 Å². The van der Waals surface area contributed by atoms with Crippen LogP contribution < -0.4 is 5.32 Å². The van der Waals surface area contributed by atoms with E-state index in [1.807, 2.05) is 6.92 Å². The highest BCUT2D eigenvalue weighted by Crippen LogP contribution is 1.99. The van der Waals surface area contributed by atoms with Gasteiger partial charge in [0.1, 0.15) is 0 Å². The van der Waals surface area contributed by atoms with Gasteiger partial charge in [-0.25, -0.2) is 4.79 Å². The minimum absolute atomic E-state index is 0.172. The summed E-state index contributed by atoms with van der Waals surface area (Å²) >= 11 is 0. The zero-order valence-corrected chi connectivity index (χ0v) is 10.5. The van der Waals surface area contributed by atoms with Crippen LogP contribution in [0.4, 0.5) is 0 Å². The maximum Gasteiger partial charge on any atom is 0.330 e. The van der Waals surface area contributed by atoms with Crippen LogP contribution in [0.25, 0.3) is 0 Å². The van der Waals surface area contributed by atoms with E-state index in [1.165, 1.54) is 19.3 Å². The molecule has 0 aliphatic carbocycles. The highest BCUT2D eigenvalue weighted by atomic mass is 16.5. The lowest BCUT2D eigenvalue weighted by Gasteiger charge is -2.12. The van der Waals surface area contributed by atoms with E-state index in [0.29, 0.717) is 6.42 Å².